The Bertz CT molecular complexity index is 1020. The van der Waals surface area contributed by atoms with Crippen LogP contribution in [0.3, 0.4) is 0 Å². The van der Waals surface area contributed by atoms with Crippen molar-refractivity contribution < 1.29 is 4.79 Å². The Balaban J connectivity index is 1.48. The number of tetrazole rings is 1. The zero-order chi connectivity index (χ0) is 18.8. The van der Waals surface area contributed by atoms with Gasteiger partial charge in [-0.25, -0.2) is 0 Å². The summed E-state index contributed by atoms with van der Waals surface area (Å²) in [6.45, 7) is 2.16. The molecule has 0 aliphatic heterocycles. The zero-order valence-electron chi connectivity index (χ0n) is 14.8. The summed E-state index contributed by atoms with van der Waals surface area (Å²) in [7, 11) is 0. The van der Waals surface area contributed by atoms with Crippen molar-refractivity contribution in [2.24, 2.45) is 5.92 Å². The molecule has 3 aromatic rings. The number of hydrogen-bond acceptors (Lipinski definition) is 6. The van der Waals surface area contributed by atoms with E-state index in [0.717, 1.165) is 30.4 Å². The Hall–Kier alpha value is -3.05. The monoisotopic (exact) mass is 378 g/mol. The smallest absolute Gasteiger partial charge is 0.248 e. The topological polar surface area (TPSA) is 96.5 Å². The third-order valence-electron chi connectivity index (χ3n) is 4.65. The number of carbonyl (C=O) groups is 1. The summed E-state index contributed by atoms with van der Waals surface area (Å²) >= 11 is 1.51. The van der Waals surface area contributed by atoms with Gasteiger partial charge in [0.2, 0.25) is 11.7 Å². The molecule has 136 valence electrons. The quantitative estimate of drug-likeness (QED) is 0.753. The SMILES string of the molecule is C[C@@H]1CCc2c(sc(NC(=O)Cn3nnc(-c4ccccc4)n3)c2C#N)C1. The maximum absolute atomic E-state index is 12.4. The highest BCUT2D eigenvalue weighted by atomic mass is 32.1. The van der Waals surface area contributed by atoms with E-state index in [1.54, 1.807) is 0 Å². The lowest BCUT2D eigenvalue weighted by Crippen LogP contribution is -2.20. The molecule has 0 unspecified atom stereocenters. The number of nitrogens with zero attached hydrogens (tertiary/aromatic N) is 5. The van der Waals surface area contributed by atoms with Gasteiger partial charge in [-0.2, -0.15) is 10.1 Å². The fourth-order valence-corrected chi connectivity index (χ4v) is 4.64. The van der Waals surface area contributed by atoms with Crippen molar-refractivity contribution >= 4 is 22.2 Å². The number of thiophene rings is 1. The number of amides is 1. The molecule has 0 spiro atoms. The molecule has 1 atom stereocenters. The molecule has 7 nitrogen and oxygen atoms in total. The molecule has 1 aromatic carbocycles. The Morgan fingerprint density at radius 3 is 3.00 bits per heavy atom. The van der Waals surface area contributed by atoms with E-state index in [4.69, 9.17) is 0 Å². The number of hydrogen-bond donors (Lipinski definition) is 1. The van der Waals surface area contributed by atoms with Crippen molar-refractivity contribution in [1.82, 2.24) is 20.2 Å². The van der Waals surface area contributed by atoms with Crippen molar-refractivity contribution in [3.63, 3.8) is 0 Å². The van der Waals surface area contributed by atoms with E-state index in [-0.39, 0.29) is 12.5 Å². The second kappa shape index (κ2) is 7.29. The largest absolute Gasteiger partial charge is 0.315 e. The first kappa shape index (κ1) is 17.4. The Labute approximate surface area is 160 Å². The highest BCUT2D eigenvalue weighted by molar-refractivity contribution is 7.16. The number of benzene rings is 1. The number of carbonyl (C=O) groups excluding carboxylic acids is 1. The van der Waals surface area contributed by atoms with Gasteiger partial charge >= 0.3 is 0 Å². The first-order valence-corrected chi connectivity index (χ1v) is 9.63. The number of nitriles is 1. The highest BCUT2D eigenvalue weighted by Gasteiger charge is 2.24. The number of rotatable bonds is 4. The molecule has 4 rings (SSSR count). The minimum absolute atomic E-state index is 0.0519. The fraction of sp³-hybridized carbons (Fsp3) is 0.316. The third-order valence-corrected chi connectivity index (χ3v) is 5.82. The maximum atomic E-state index is 12.4. The Morgan fingerprint density at radius 2 is 2.22 bits per heavy atom. The molecule has 2 aromatic heterocycles. The normalized spacial score (nSPS) is 15.8. The van der Waals surface area contributed by atoms with Gasteiger partial charge < -0.3 is 5.32 Å². The summed E-state index contributed by atoms with van der Waals surface area (Å²) in [6.07, 6.45) is 2.95. The summed E-state index contributed by atoms with van der Waals surface area (Å²) in [5.74, 6) is 0.818. The summed E-state index contributed by atoms with van der Waals surface area (Å²) in [5, 5.41) is 25.2. The Morgan fingerprint density at radius 1 is 1.41 bits per heavy atom. The van der Waals surface area contributed by atoms with Gasteiger partial charge in [0.25, 0.3) is 0 Å². The average Bonchev–Trinajstić information content (AvgIpc) is 3.26. The average molecular weight is 378 g/mol. The van der Waals surface area contributed by atoms with E-state index in [2.05, 4.69) is 33.7 Å². The van der Waals surface area contributed by atoms with E-state index >= 15 is 0 Å². The van der Waals surface area contributed by atoms with Crippen LogP contribution in [0.5, 0.6) is 0 Å². The van der Waals surface area contributed by atoms with E-state index in [0.29, 0.717) is 22.3 Å². The van der Waals surface area contributed by atoms with E-state index in [9.17, 15) is 10.1 Å². The Kier molecular flexibility index (Phi) is 4.69. The molecular formula is C19H18N6OS. The van der Waals surface area contributed by atoms with Crippen LogP contribution in [-0.2, 0) is 24.2 Å². The lowest BCUT2D eigenvalue weighted by atomic mass is 9.89. The summed E-state index contributed by atoms with van der Waals surface area (Å²) in [6, 6.07) is 11.7. The van der Waals surface area contributed by atoms with Gasteiger partial charge in [-0.15, -0.1) is 21.5 Å². The van der Waals surface area contributed by atoms with Crippen LogP contribution in [0.25, 0.3) is 11.4 Å². The molecule has 1 aliphatic carbocycles. The molecule has 1 aliphatic rings. The minimum atomic E-state index is -0.268. The van der Waals surface area contributed by atoms with Crippen LogP contribution in [0.4, 0.5) is 5.00 Å². The number of anilines is 1. The molecule has 27 heavy (non-hydrogen) atoms. The molecule has 0 bridgehead atoms. The molecule has 0 fully saturated rings. The van der Waals surface area contributed by atoms with E-state index in [1.165, 1.54) is 21.0 Å². The summed E-state index contributed by atoms with van der Waals surface area (Å²) in [4.78, 5) is 14.9. The molecule has 0 saturated heterocycles. The molecule has 1 N–H and O–H groups in total. The second-order valence-electron chi connectivity index (χ2n) is 6.73. The molecule has 8 heteroatoms. The molecule has 2 heterocycles. The van der Waals surface area contributed by atoms with Gasteiger partial charge in [0.05, 0.1) is 5.56 Å². The number of aromatic nitrogens is 4. The van der Waals surface area contributed by atoms with E-state index in [1.807, 2.05) is 30.3 Å². The fourth-order valence-electron chi connectivity index (χ4n) is 3.26. The molecule has 0 radical (unpaired) electrons. The predicted octanol–water partition coefficient (Wildman–Crippen LogP) is 3.04. The second-order valence-corrected chi connectivity index (χ2v) is 7.83. The summed E-state index contributed by atoms with van der Waals surface area (Å²) in [5.41, 5.74) is 2.55. The van der Waals surface area contributed by atoms with Crippen molar-refractivity contribution in [2.75, 3.05) is 5.32 Å². The first-order chi connectivity index (χ1) is 13.1. The van der Waals surface area contributed by atoms with Crippen LogP contribution < -0.4 is 5.32 Å². The van der Waals surface area contributed by atoms with E-state index < -0.39 is 0 Å². The van der Waals surface area contributed by atoms with Gasteiger partial charge in [0.1, 0.15) is 17.6 Å². The zero-order valence-corrected chi connectivity index (χ0v) is 15.7. The molecule has 1 amide bonds. The summed E-state index contributed by atoms with van der Waals surface area (Å²) < 4.78 is 0. The highest BCUT2D eigenvalue weighted by Crippen LogP contribution is 2.39. The predicted molar refractivity (Wildman–Crippen MR) is 102 cm³/mol. The molecular weight excluding hydrogens is 360 g/mol. The van der Waals surface area contributed by atoms with Gasteiger partial charge in [0, 0.05) is 10.4 Å². The van der Waals surface area contributed by atoms with Crippen molar-refractivity contribution in [2.45, 2.75) is 32.7 Å². The van der Waals surface area contributed by atoms with Crippen LogP contribution in [0.2, 0.25) is 0 Å². The maximum Gasteiger partial charge on any atom is 0.248 e. The third kappa shape index (κ3) is 3.59. The van der Waals surface area contributed by atoms with Gasteiger partial charge in [-0.05, 0) is 36.0 Å². The van der Waals surface area contributed by atoms with Gasteiger partial charge in [-0.3, -0.25) is 4.79 Å². The van der Waals surface area contributed by atoms with Gasteiger partial charge in [-0.1, -0.05) is 37.3 Å². The van der Waals surface area contributed by atoms with Crippen LogP contribution in [-0.4, -0.2) is 26.1 Å². The number of nitrogens with one attached hydrogen (secondary N) is 1. The standard InChI is InChI=1S/C19H18N6OS/c1-12-7-8-14-15(10-20)19(27-16(14)9-12)21-17(26)11-25-23-18(22-24-25)13-5-3-2-4-6-13/h2-6,12H,7-9,11H2,1H3,(H,21,26)/t12-/m1/s1. The van der Waals surface area contributed by atoms with Crippen LogP contribution in [0.1, 0.15) is 29.3 Å². The van der Waals surface area contributed by atoms with Crippen LogP contribution in [0.15, 0.2) is 30.3 Å². The number of fused-ring (bicyclic) bond motifs is 1. The lowest BCUT2D eigenvalue weighted by Gasteiger charge is -2.17. The molecule has 0 saturated carbocycles. The van der Waals surface area contributed by atoms with Crippen LogP contribution in [0, 0.1) is 17.2 Å². The van der Waals surface area contributed by atoms with Crippen molar-refractivity contribution in [3.05, 3.63) is 46.3 Å². The lowest BCUT2D eigenvalue weighted by molar-refractivity contribution is -0.117. The minimum Gasteiger partial charge on any atom is -0.315 e. The van der Waals surface area contributed by atoms with Crippen LogP contribution >= 0.6 is 11.3 Å². The van der Waals surface area contributed by atoms with Crippen molar-refractivity contribution in [3.8, 4) is 17.5 Å². The van der Waals surface area contributed by atoms with Crippen molar-refractivity contribution in [1.29, 1.82) is 5.26 Å². The van der Waals surface area contributed by atoms with Gasteiger partial charge in [0.15, 0.2) is 0 Å². The first-order valence-electron chi connectivity index (χ1n) is 8.81.